The van der Waals surface area contributed by atoms with Crippen molar-refractivity contribution < 1.29 is 14.6 Å². The highest BCUT2D eigenvalue weighted by atomic mass is 16.5. The Morgan fingerprint density at radius 2 is 1.81 bits per heavy atom. The summed E-state index contributed by atoms with van der Waals surface area (Å²) >= 11 is 0. The van der Waals surface area contributed by atoms with Crippen molar-refractivity contribution in [2.24, 2.45) is 0 Å². The number of benzene rings is 2. The molecular weight excluding hydrogens is 204 g/mol. The Morgan fingerprint density at radius 3 is 2.44 bits per heavy atom. The van der Waals surface area contributed by atoms with Gasteiger partial charge in [-0.15, -0.1) is 0 Å². The molecule has 0 aliphatic heterocycles. The van der Waals surface area contributed by atoms with Gasteiger partial charge in [-0.05, 0) is 6.92 Å². The molecular formula is C13H14O3. The van der Waals surface area contributed by atoms with E-state index >= 15 is 0 Å². The molecule has 0 radical (unpaired) electrons. The number of ether oxygens (including phenoxy) is 2. The molecule has 0 fully saturated rings. The van der Waals surface area contributed by atoms with Crippen molar-refractivity contribution in [3.05, 3.63) is 30.3 Å². The van der Waals surface area contributed by atoms with Gasteiger partial charge < -0.3 is 14.6 Å². The molecule has 0 aliphatic rings. The maximum atomic E-state index is 9.96. The molecule has 2 aromatic rings. The van der Waals surface area contributed by atoms with Gasteiger partial charge in [0.15, 0.2) is 11.5 Å². The zero-order valence-electron chi connectivity index (χ0n) is 9.36. The van der Waals surface area contributed by atoms with E-state index in [1.54, 1.807) is 6.07 Å². The molecule has 0 saturated heterocycles. The highest BCUT2D eigenvalue weighted by Gasteiger charge is 2.11. The molecule has 0 aliphatic carbocycles. The van der Waals surface area contributed by atoms with E-state index in [4.69, 9.17) is 9.47 Å². The third-order valence-corrected chi connectivity index (χ3v) is 2.46. The minimum atomic E-state index is 0.154. The van der Waals surface area contributed by atoms with Crippen molar-refractivity contribution in [1.29, 1.82) is 0 Å². The number of rotatable bonds is 3. The fraction of sp³-hybridized carbons (Fsp3) is 0.231. The molecule has 0 atom stereocenters. The lowest BCUT2D eigenvalue weighted by atomic mass is 10.1. The normalized spacial score (nSPS) is 10.4. The van der Waals surface area contributed by atoms with Crippen LogP contribution >= 0.6 is 0 Å². The van der Waals surface area contributed by atoms with Crippen LogP contribution in [0, 0.1) is 0 Å². The smallest absolute Gasteiger partial charge is 0.165 e. The molecule has 3 heteroatoms. The Kier molecular flexibility index (Phi) is 2.86. The summed E-state index contributed by atoms with van der Waals surface area (Å²) in [6.07, 6.45) is 0. The Balaban J connectivity index is 2.74. The summed E-state index contributed by atoms with van der Waals surface area (Å²) in [5, 5.41) is 11.6. The first-order valence-electron chi connectivity index (χ1n) is 5.19. The highest BCUT2D eigenvalue weighted by molar-refractivity contribution is 5.95. The van der Waals surface area contributed by atoms with Crippen LogP contribution in [-0.2, 0) is 0 Å². The standard InChI is InChI=1S/C13H14O3/c1-3-16-11-8-12(15-2)13(14)10-7-5-4-6-9(10)11/h4-8,14H,3H2,1-2H3. The van der Waals surface area contributed by atoms with Crippen LogP contribution in [0.3, 0.4) is 0 Å². The van der Waals surface area contributed by atoms with Crippen LogP contribution in [0.5, 0.6) is 17.2 Å². The van der Waals surface area contributed by atoms with Crippen molar-refractivity contribution >= 4 is 10.8 Å². The summed E-state index contributed by atoms with van der Waals surface area (Å²) in [6.45, 7) is 2.51. The number of fused-ring (bicyclic) bond motifs is 1. The monoisotopic (exact) mass is 218 g/mol. The first-order chi connectivity index (χ1) is 7.77. The number of methoxy groups -OCH3 is 1. The Labute approximate surface area is 94.2 Å². The lowest BCUT2D eigenvalue weighted by Gasteiger charge is -2.12. The fourth-order valence-electron chi connectivity index (χ4n) is 1.73. The van der Waals surface area contributed by atoms with E-state index in [-0.39, 0.29) is 5.75 Å². The molecule has 0 heterocycles. The van der Waals surface area contributed by atoms with Crippen LogP contribution in [0.15, 0.2) is 30.3 Å². The maximum absolute atomic E-state index is 9.96. The van der Waals surface area contributed by atoms with Gasteiger partial charge in [-0.25, -0.2) is 0 Å². The van der Waals surface area contributed by atoms with Crippen LogP contribution < -0.4 is 9.47 Å². The maximum Gasteiger partial charge on any atom is 0.165 e. The van der Waals surface area contributed by atoms with Crippen molar-refractivity contribution in [3.63, 3.8) is 0 Å². The molecule has 2 aromatic carbocycles. The fourth-order valence-corrected chi connectivity index (χ4v) is 1.73. The molecule has 0 saturated carbocycles. The molecule has 0 unspecified atom stereocenters. The van der Waals surface area contributed by atoms with E-state index in [0.29, 0.717) is 12.4 Å². The first-order valence-corrected chi connectivity index (χ1v) is 5.19. The third kappa shape index (κ3) is 1.65. The van der Waals surface area contributed by atoms with Gasteiger partial charge in [-0.2, -0.15) is 0 Å². The van der Waals surface area contributed by atoms with Gasteiger partial charge in [0.05, 0.1) is 13.7 Å². The molecule has 2 rings (SSSR count). The predicted molar refractivity (Wildman–Crippen MR) is 63.3 cm³/mol. The predicted octanol–water partition coefficient (Wildman–Crippen LogP) is 2.95. The van der Waals surface area contributed by atoms with E-state index in [1.807, 2.05) is 31.2 Å². The number of aromatic hydroxyl groups is 1. The zero-order chi connectivity index (χ0) is 11.5. The van der Waals surface area contributed by atoms with Crippen molar-refractivity contribution in [2.45, 2.75) is 6.92 Å². The van der Waals surface area contributed by atoms with Gasteiger partial charge in [-0.1, -0.05) is 24.3 Å². The van der Waals surface area contributed by atoms with E-state index in [0.717, 1.165) is 16.5 Å². The lowest BCUT2D eigenvalue weighted by molar-refractivity contribution is 0.336. The van der Waals surface area contributed by atoms with Crippen LogP contribution in [0.4, 0.5) is 0 Å². The number of hydrogen-bond donors (Lipinski definition) is 1. The Bertz CT molecular complexity index is 506. The lowest BCUT2D eigenvalue weighted by Crippen LogP contribution is -1.94. The number of phenolic OH excluding ortho intramolecular Hbond substituents is 1. The Morgan fingerprint density at radius 1 is 1.12 bits per heavy atom. The molecule has 0 bridgehead atoms. The van der Waals surface area contributed by atoms with Crippen molar-refractivity contribution in [2.75, 3.05) is 13.7 Å². The molecule has 0 aromatic heterocycles. The minimum Gasteiger partial charge on any atom is -0.504 e. The average Bonchev–Trinajstić information content (AvgIpc) is 2.33. The minimum absolute atomic E-state index is 0.154. The molecule has 16 heavy (non-hydrogen) atoms. The zero-order valence-corrected chi connectivity index (χ0v) is 9.36. The second-order valence-corrected chi connectivity index (χ2v) is 3.40. The van der Waals surface area contributed by atoms with Gasteiger partial charge in [0.2, 0.25) is 0 Å². The van der Waals surface area contributed by atoms with Gasteiger partial charge in [0, 0.05) is 16.8 Å². The second-order valence-electron chi connectivity index (χ2n) is 3.40. The van der Waals surface area contributed by atoms with Crippen molar-refractivity contribution in [1.82, 2.24) is 0 Å². The number of hydrogen-bond acceptors (Lipinski definition) is 3. The topological polar surface area (TPSA) is 38.7 Å². The van der Waals surface area contributed by atoms with E-state index in [9.17, 15) is 5.11 Å². The molecule has 84 valence electrons. The van der Waals surface area contributed by atoms with E-state index in [2.05, 4.69) is 0 Å². The summed E-state index contributed by atoms with van der Waals surface area (Å²) in [5.41, 5.74) is 0. The second kappa shape index (κ2) is 4.31. The van der Waals surface area contributed by atoms with Crippen molar-refractivity contribution in [3.8, 4) is 17.2 Å². The molecule has 0 spiro atoms. The summed E-state index contributed by atoms with van der Waals surface area (Å²) < 4.78 is 10.6. The first kappa shape index (κ1) is 10.6. The van der Waals surface area contributed by atoms with Crippen LogP contribution in [-0.4, -0.2) is 18.8 Å². The van der Waals surface area contributed by atoms with E-state index in [1.165, 1.54) is 7.11 Å². The van der Waals surface area contributed by atoms with Crippen LogP contribution in [0.2, 0.25) is 0 Å². The average molecular weight is 218 g/mol. The highest BCUT2D eigenvalue weighted by Crippen LogP contribution is 2.40. The summed E-state index contributed by atoms with van der Waals surface area (Å²) in [5.74, 6) is 1.32. The van der Waals surface area contributed by atoms with Gasteiger partial charge in [0.1, 0.15) is 5.75 Å². The molecule has 3 nitrogen and oxygen atoms in total. The summed E-state index contributed by atoms with van der Waals surface area (Å²) in [4.78, 5) is 0. The number of phenols is 1. The van der Waals surface area contributed by atoms with Crippen LogP contribution in [0.1, 0.15) is 6.92 Å². The van der Waals surface area contributed by atoms with Gasteiger partial charge in [-0.3, -0.25) is 0 Å². The molecule has 0 amide bonds. The third-order valence-electron chi connectivity index (χ3n) is 2.46. The van der Waals surface area contributed by atoms with Gasteiger partial charge in [0.25, 0.3) is 0 Å². The summed E-state index contributed by atoms with van der Waals surface area (Å²) in [7, 11) is 1.53. The SMILES string of the molecule is CCOc1cc(OC)c(O)c2ccccc12. The molecule has 1 N–H and O–H groups in total. The van der Waals surface area contributed by atoms with Crippen LogP contribution in [0.25, 0.3) is 10.8 Å². The van der Waals surface area contributed by atoms with Gasteiger partial charge >= 0.3 is 0 Å². The van der Waals surface area contributed by atoms with E-state index < -0.39 is 0 Å². The Hall–Kier alpha value is -1.90. The summed E-state index contributed by atoms with van der Waals surface area (Å²) in [6, 6.07) is 9.25. The quantitative estimate of drug-likeness (QED) is 0.860. The largest absolute Gasteiger partial charge is 0.504 e.